The van der Waals surface area contributed by atoms with E-state index in [2.05, 4.69) is 36.1 Å². The highest BCUT2D eigenvalue weighted by Gasteiger charge is 2.33. The highest BCUT2D eigenvalue weighted by molar-refractivity contribution is 5.76. The summed E-state index contributed by atoms with van der Waals surface area (Å²) in [5.74, 6) is 2.83. The van der Waals surface area contributed by atoms with Crippen molar-refractivity contribution in [3.05, 3.63) is 11.7 Å². The number of rotatable bonds is 6. The lowest BCUT2D eigenvalue weighted by Crippen LogP contribution is -2.35. The molecule has 1 aliphatic heterocycles. The first kappa shape index (κ1) is 15.5. The molecule has 2 heterocycles. The van der Waals surface area contributed by atoms with Gasteiger partial charge >= 0.3 is 0 Å². The van der Waals surface area contributed by atoms with Gasteiger partial charge in [0.1, 0.15) is 0 Å². The summed E-state index contributed by atoms with van der Waals surface area (Å²) < 4.78 is 5.25. The Morgan fingerprint density at radius 2 is 2.14 bits per heavy atom. The molecular weight excluding hydrogens is 280 g/mol. The van der Waals surface area contributed by atoms with Crippen LogP contribution in [0, 0.1) is 5.92 Å². The number of hydrogen-bond acceptors (Lipinski definition) is 5. The SMILES string of the molecule is C[C@@H]1CN(C(=O)CCCc2nc(C3CC3)no2)C[C@H]1N(C)C. The molecule has 1 amide bonds. The van der Waals surface area contributed by atoms with Gasteiger partial charge in [0, 0.05) is 37.9 Å². The minimum atomic E-state index is 0.248. The van der Waals surface area contributed by atoms with Gasteiger partial charge in [-0.15, -0.1) is 0 Å². The summed E-state index contributed by atoms with van der Waals surface area (Å²) in [5.41, 5.74) is 0. The van der Waals surface area contributed by atoms with E-state index in [1.165, 1.54) is 12.8 Å². The number of aromatic nitrogens is 2. The lowest BCUT2D eigenvalue weighted by atomic mass is 10.1. The quantitative estimate of drug-likeness (QED) is 0.800. The van der Waals surface area contributed by atoms with Crippen LogP contribution in [-0.4, -0.2) is 59.1 Å². The normalized spacial score (nSPS) is 25.2. The number of amides is 1. The van der Waals surface area contributed by atoms with Crippen LogP contribution >= 0.6 is 0 Å². The third kappa shape index (κ3) is 3.48. The van der Waals surface area contributed by atoms with Crippen molar-refractivity contribution in [1.82, 2.24) is 19.9 Å². The number of likely N-dealkylation sites (N-methyl/N-ethyl adjacent to an activating group) is 1. The molecule has 6 nitrogen and oxygen atoms in total. The fourth-order valence-electron chi connectivity index (χ4n) is 3.25. The summed E-state index contributed by atoms with van der Waals surface area (Å²) in [4.78, 5) is 20.9. The number of carbonyl (C=O) groups is 1. The average Bonchev–Trinajstić information content (AvgIpc) is 3.08. The van der Waals surface area contributed by atoms with Crippen molar-refractivity contribution >= 4 is 5.91 Å². The van der Waals surface area contributed by atoms with E-state index in [-0.39, 0.29) is 5.91 Å². The van der Waals surface area contributed by atoms with E-state index in [9.17, 15) is 4.79 Å². The van der Waals surface area contributed by atoms with Gasteiger partial charge in [-0.2, -0.15) is 4.98 Å². The van der Waals surface area contributed by atoms with Gasteiger partial charge in [-0.05, 0) is 39.3 Å². The molecule has 0 bridgehead atoms. The van der Waals surface area contributed by atoms with Crippen molar-refractivity contribution in [2.75, 3.05) is 27.2 Å². The zero-order valence-corrected chi connectivity index (χ0v) is 13.8. The van der Waals surface area contributed by atoms with Crippen molar-refractivity contribution < 1.29 is 9.32 Å². The summed E-state index contributed by atoms with van der Waals surface area (Å²) >= 11 is 0. The van der Waals surface area contributed by atoms with Crippen LogP contribution in [0.3, 0.4) is 0 Å². The maximum atomic E-state index is 12.3. The van der Waals surface area contributed by atoms with E-state index in [1.807, 2.05) is 4.90 Å². The van der Waals surface area contributed by atoms with Crippen LogP contribution < -0.4 is 0 Å². The summed E-state index contributed by atoms with van der Waals surface area (Å²) in [5, 5.41) is 4.01. The van der Waals surface area contributed by atoms with Gasteiger partial charge in [-0.3, -0.25) is 4.79 Å². The average molecular weight is 306 g/mol. The number of likely N-dealkylation sites (tertiary alicyclic amines) is 1. The molecule has 1 saturated carbocycles. The van der Waals surface area contributed by atoms with Crippen LogP contribution in [0.25, 0.3) is 0 Å². The molecule has 0 spiro atoms. The zero-order chi connectivity index (χ0) is 15.7. The Balaban J connectivity index is 1.42. The van der Waals surface area contributed by atoms with Gasteiger partial charge in [-0.25, -0.2) is 0 Å². The molecule has 2 atom stereocenters. The summed E-state index contributed by atoms with van der Waals surface area (Å²) in [7, 11) is 4.17. The molecule has 22 heavy (non-hydrogen) atoms. The van der Waals surface area contributed by atoms with Crippen LogP contribution in [0.1, 0.15) is 50.2 Å². The molecule has 0 N–H and O–H groups in total. The molecule has 3 rings (SSSR count). The van der Waals surface area contributed by atoms with Gasteiger partial charge in [0.15, 0.2) is 5.82 Å². The van der Waals surface area contributed by atoms with Crippen molar-refractivity contribution in [2.45, 2.75) is 51.0 Å². The van der Waals surface area contributed by atoms with Crippen LogP contribution in [-0.2, 0) is 11.2 Å². The second-order valence-electron chi connectivity index (χ2n) is 6.98. The van der Waals surface area contributed by atoms with Crippen LogP contribution in [0.4, 0.5) is 0 Å². The van der Waals surface area contributed by atoms with Gasteiger partial charge in [0.25, 0.3) is 0 Å². The predicted molar refractivity (Wildman–Crippen MR) is 82.4 cm³/mol. The molecule has 6 heteroatoms. The van der Waals surface area contributed by atoms with E-state index in [0.717, 1.165) is 25.3 Å². The standard InChI is InChI=1S/C16H26N4O2/c1-11-9-20(10-13(11)19(2)3)15(21)6-4-5-14-17-16(18-22-14)12-7-8-12/h11-13H,4-10H2,1-3H3/t11-,13-/m1/s1. The Hall–Kier alpha value is -1.43. The smallest absolute Gasteiger partial charge is 0.226 e. The molecule has 0 aromatic carbocycles. The van der Waals surface area contributed by atoms with E-state index < -0.39 is 0 Å². The summed E-state index contributed by atoms with van der Waals surface area (Å²) in [6.45, 7) is 3.93. The number of nitrogens with zero attached hydrogens (tertiary/aromatic N) is 4. The molecular formula is C16H26N4O2. The highest BCUT2D eigenvalue weighted by atomic mass is 16.5. The molecule has 1 aromatic rings. The number of aryl methyl sites for hydroxylation is 1. The Kier molecular flexibility index (Phi) is 4.47. The first-order valence-electron chi connectivity index (χ1n) is 8.31. The molecule has 1 saturated heterocycles. The maximum absolute atomic E-state index is 12.3. The molecule has 122 valence electrons. The van der Waals surface area contributed by atoms with Gasteiger partial charge in [0.05, 0.1) is 0 Å². The highest BCUT2D eigenvalue weighted by Crippen LogP contribution is 2.38. The maximum Gasteiger partial charge on any atom is 0.226 e. The molecule has 2 fully saturated rings. The molecule has 1 aliphatic carbocycles. The summed E-state index contributed by atoms with van der Waals surface area (Å²) in [6, 6.07) is 0.473. The topological polar surface area (TPSA) is 62.5 Å². The Morgan fingerprint density at radius 3 is 2.77 bits per heavy atom. The molecule has 0 radical (unpaired) electrons. The van der Waals surface area contributed by atoms with E-state index in [0.29, 0.717) is 36.6 Å². The van der Waals surface area contributed by atoms with Crippen molar-refractivity contribution in [1.29, 1.82) is 0 Å². The fourth-order valence-corrected chi connectivity index (χ4v) is 3.25. The number of hydrogen-bond donors (Lipinski definition) is 0. The third-order valence-electron chi connectivity index (χ3n) is 4.80. The minimum absolute atomic E-state index is 0.248. The van der Waals surface area contributed by atoms with Gasteiger partial charge < -0.3 is 14.3 Å². The van der Waals surface area contributed by atoms with E-state index in [4.69, 9.17) is 4.52 Å². The summed E-state index contributed by atoms with van der Waals surface area (Å²) in [6.07, 6.45) is 4.40. The molecule has 1 aromatic heterocycles. The Morgan fingerprint density at radius 1 is 1.36 bits per heavy atom. The van der Waals surface area contributed by atoms with Crippen LogP contribution in [0.2, 0.25) is 0 Å². The first-order valence-corrected chi connectivity index (χ1v) is 8.31. The van der Waals surface area contributed by atoms with Crippen molar-refractivity contribution in [3.8, 4) is 0 Å². The van der Waals surface area contributed by atoms with E-state index in [1.54, 1.807) is 0 Å². The van der Waals surface area contributed by atoms with Gasteiger partial charge in [-0.1, -0.05) is 12.1 Å². The second-order valence-corrected chi connectivity index (χ2v) is 6.98. The second kappa shape index (κ2) is 6.36. The third-order valence-corrected chi connectivity index (χ3v) is 4.80. The zero-order valence-electron chi connectivity index (χ0n) is 13.8. The first-order chi connectivity index (χ1) is 10.5. The lowest BCUT2D eigenvalue weighted by molar-refractivity contribution is -0.130. The number of carbonyl (C=O) groups excluding carboxylic acids is 1. The van der Waals surface area contributed by atoms with Crippen LogP contribution in [0.15, 0.2) is 4.52 Å². The van der Waals surface area contributed by atoms with Crippen LogP contribution in [0.5, 0.6) is 0 Å². The monoisotopic (exact) mass is 306 g/mol. The molecule has 2 aliphatic rings. The Labute approximate surface area is 131 Å². The van der Waals surface area contributed by atoms with Crippen molar-refractivity contribution in [3.63, 3.8) is 0 Å². The van der Waals surface area contributed by atoms with Crippen molar-refractivity contribution in [2.24, 2.45) is 5.92 Å². The lowest BCUT2D eigenvalue weighted by Gasteiger charge is -2.22. The predicted octanol–water partition coefficient (Wildman–Crippen LogP) is 1.68. The minimum Gasteiger partial charge on any atom is -0.341 e. The van der Waals surface area contributed by atoms with E-state index >= 15 is 0 Å². The Bertz CT molecular complexity index is 524. The van der Waals surface area contributed by atoms with Gasteiger partial charge in [0.2, 0.25) is 11.8 Å². The molecule has 0 unspecified atom stereocenters. The largest absolute Gasteiger partial charge is 0.341 e. The fraction of sp³-hybridized carbons (Fsp3) is 0.812.